The van der Waals surface area contributed by atoms with E-state index in [0.29, 0.717) is 49.3 Å². The zero-order valence-corrected chi connectivity index (χ0v) is 26.1. The Morgan fingerprint density at radius 2 is 1.79 bits per heavy atom. The number of likely N-dealkylation sites (tertiary alicyclic amines) is 1. The summed E-state index contributed by atoms with van der Waals surface area (Å²) >= 11 is 0. The summed E-state index contributed by atoms with van der Waals surface area (Å²) in [4.78, 5) is 31.4. The third-order valence-electron chi connectivity index (χ3n) is 8.40. The van der Waals surface area contributed by atoms with Gasteiger partial charge in [-0.05, 0) is 92.0 Å². The van der Waals surface area contributed by atoms with Crippen molar-refractivity contribution in [2.45, 2.75) is 79.1 Å². The number of rotatable bonds is 13. The number of halogens is 2. The van der Waals surface area contributed by atoms with E-state index in [0.717, 1.165) is 27.8 Å². The normalized spacial score (nSPS) is 15.5. The van der Waals surface area contributed by atoms with Gasteiger partial charge in [-0.1, -0.05) is 32.0 Å². The fourth-order valence-corrected chi connectivity index (χ4v) is 6.11. The van der Waals surface area contributed by atoms with Crippen LogP contribution in [0.3, 0.4) is 0 Å². The smallest absolute Gasteiger partial charge is 0.348 e. The molecule has 232 valence electrons. The number of aliphatic carboxylic acids is 1. The van der Waals surface area contributed by atoms with Crippen molar-refractivity contribution < 1.29 is 18.7 Å². The number of carboxylic acids is 1. The molecular formula is C34H44F2N4O3. The molecule has 2 N–H and O–H groups in total. The molecule has 0 saturated carbocycles. The van der Waals surface area contributed by atoms with Gasteiger partial charge in [-0.2, -0.15) is 4.98 Å². The Balaban J connectivity index is 1.65. The number of carboxylic acid groups (broad SMARTS) is 1. The molecule has 43 heavy (non-hydrogen) atoms. The van der Waals surface area contributed by atoms with E-state index >= 15 is 4.39 Å². The van der Waals surface area contributed by atoms with Crippen molar-refractivity contribution in [3.05, 3.63) is 86.3 Å². The monoisotopic (exact) mass is 594 g/mol. The van der Waals surface area contributed by atoms with Crippen molar-refractivity contribution in [2.24, 2.45) is 5.92 Å². The standard InChI is InChI=1S/C34H44F2N4O3/c1-20(2)12-28(40-17-25(24(6)38-34(40)43)10-11-39-18-27(35)19-39)16-37-30(15-31(41)42)29-14-26(13-23(5)33(29)36)32-21(3)8-7-9-22(32)4/h7-9,13-14,17,20,27-28,30,37H,10-12,15-16,18-19H2,1-6H3,(H,41,42)/t28-,30-/m0/s1. The van der Waals surface area contributed by atoms with Gasteiger partial charge in [-0.3, -0.25) is 14.3 Å². The average molecular weight is 595 g/mol. The molecule has 1 aliphatic rings. The molecule has 2 atom stereocenters. The molecule has 0 aliphatic carbocycles. The molecule has 9 heteroatoms. The van der Waals surface area contributed by atoms with Crippen LogP contribution < -0.4 is 11.0 Å². The van der Waals surface area contributed by atoms with Gasteiger partial charge in [0.25, 0.3) is 0 Å². The topological polar surface area (TPSA) is 87.5 Å². The molecule has 0 amide bonds. The van der Waals surface area contributed by atoms with Crippen molar-refractivity contribution in [3.63, 3.8) is 0 Å². The highest BCUT2D eigenvalue weighted by Gasteiger charge is 2.27. The lowest BCUT2D eigenvalue weighted by atomic mass is 9.90. The van der Waals surface area contributed by atoms with Crippen molar-refractivity contribution in [2.75, 3.05) is 26.2 Å². The zero-order valence-electron chi connectivity index (χ0n) is 26.1. The third kappa shape index (κ3) is 7.95. The number of alkyl halides is 1. The van der Waals surface area contributed by atoms with Crippen molar-refractivity contribution in [1.82, 2.24) is 19.8 Å². The first-order chi connectivity index (χ1) is 20.3. The SMILES string of the molecule is Cc1cc(-c2c(C)cccc2C)cc([C@H](CC(=O)O)NC[C@H](CC(C)C)n2cc(CCN3CC(F)C3)c(C)nc2=O)c1F. The molecule has 4 rings (SSSR count). The van der Waals surface area contributed by atoms with Gasteiger partial charge in [0.1, 0.15) is 12.0 Å². The quantitative estimate of drug-likeness (QED) is 0.257. The van der Waals surface area contributed by atoms with Crippen molar-refractivity contribution in [3.8, 4) is 11.1 Å². The minimum Gasteiger partial charge on any atom is -0.481 e. The van der Waals surface area contributed by atoms with Crippen LogP contribution in [0.15, 0.2) is 41.3 Å². The van der Waals surface area contributed by atoms with E-state index in [-0.39, 0.29) is 30.6 Å². The second kappa shape index (κ2) is 13.9. The van der Waals surface area contributed by atoms with Gasteiger partial charge < -0.3 is 10.4 Å². The lowest BCUT2D eigenvalue weighted by Gasteiger charge is -2.34. The fourth-order valence-electron chi connectivity index (χ4n) is 6.11. The molecule has 3 aromatic rings. The molecule has 0 bridgehead atoms. The molecule has 0 unspecified atom stereocenters. The summed E-state index contributed by atoms with van der Waals surface area (Å²) in [6.07, 6.45) is 2.02. The minimum atomic E-state index is -1.05. The molecule has 1 fully saturated rings. The number of nitrogens with zero attached hydrogens (tertiary/aromatic N) is 3. The first kappa shape index (κ1) is 32.5. The number of carbonyl (C=O) groups is 1. The number of nitrogens with one attached hydrogen (secondary N) is 1. The maximum atomic E-state index is 15.7. The summed E-state index contributed by atoms with van der Waals surface area (Å²) in [6, 6.07) is 8.41. The predicted octanol–water partition coefficient (Wildman–Crippen LogP) is 5.87. The molecule has 2 aromatic carbocycles. The Morgan fingerprint density at radius 3 is 2.40 bits per heavy atom. The lowest BCUT2D eigenvalue weighted by Crippen LogP contribution is -2.49. The molecule has 2 heterocycles. The third-order valence-corrected chi connectivity index (χ3v) is 8.40. The van der Waals surface area contributed by atoms with Gasteiger partial charge in [-0.15, -0.1) is 0 Å². The van der Waals surface area contributed by atoms with Gasteiger partial charge in [0.2, 0.25) is 0 Å². The minimum absolute atomic E-state index is 0.232. The van der Waals surface area contributed by atoms with Crippen LogP contribution in [0.25, 0.3) is 11.1 Å². The molecule has 0 radical (unpaired) electrons. The largest absolute Gasteiger partial charge is 0.481 e. The molecule has 0 spiro atoms. The van der Waals surface area contributed by atoms with Crippen LogP contribution >= 0.6 is 0 Å². The van der Waals surface area contributed by atoms with E-state index in [1.54, 1.807) is 23.6 Å². The van der Waals surface area contributed by atoms with Gasteiger partial charge in [0.15, 0.2) is 0 Å². The van der Waals surface area contributed by atoms with E-state index in [9.17, 15) is 19.1 Å². The van der Waals surface area contributed by atoms with Crippen LogP contribution in [-0.4, -0.2) is 57.9 Å². The summed E-state index contributed by atoms with van der Waals surface area (Å²) in [5.41, 5.74) is 5.87. The highest BCUT2D eigenvalue weighted by molar-refractivity contribution is 5.73. The highest BCUT2D eigenvalue weighted by Crippen LogP contribution is 2.33. The summed E-state index contributed by atoms with van der Waals surface area (Å²) in [5.74, 6) is -1.26. The van der Waals surface area contributed by atoms with E-state index in [1.807, 2.05) is 50.1 Å². The predicted molar refractivity (Wildman–Crippen MR) is 166 cm³/mol. The summed E-state index contributed by atoms with van der Waals surface area (Å²) in [7, 11) is 0. The average Bonchev–Trinajstić information content (AvgIpc) is 2.90. The number of aromatic nitrogens is 2. The van der Waals surface area contributed by atoms with Crippen molar-refractivity contribution >= 4 is 5.97 Å². The van der Waals surface area contributed by atoms with Crippen LogP contribution in [0, 0.1) is 39.4 Å². The fraction of sp³-hybridized carbons (Fsp3) is 0.500. The molecule has 1 aromatic heterocycles. The van der Waals surface area contributed by atoms with Crippen LogP contribution in [0.4, 0.5) is 8.78 Å². The summed E-state index contributed by atoms with van der Waals surface area (Å²) in [6.45, 7) is 13.4. The molecular weight excluding hydrogens is 550 g/mol. The Kier molecular flexibility index (Phi) is 10.5. The van der Waals surface area contributed by atoms with Gasteiger partial charge in [-0.25, -0.2) is 13.6 Å². The Morgan fingerprint density at radius 1 is 1.12 bits per heavy atom. The van der Waals surface area contributed by atoms with Crippen molar-refractivity contribution in [1.29, 1.82) is 0 Å². The number of benzene rings is 2. The van der Waals surface area contributed by atoms with E-state index in [1.165, 1.54) is 0 Å². The first-order valence-corrected chi connectivity index (χ1v) is 15.1. The maximum Gasteiger partial charge on any atom is 0.348 e. The van der Waals surface area contributed by atoms with Gasteiger partial charge in [0.05, 0.1) is 12.5 Å². The van der Waals surface area contributed by atoms with E-state index < -0.39 is 24.0 Å². The zero-order chi connectivity index (χ0) is 31.4. The first-order valence-electron chi connectivity index (χ1n) is 15.1. The second-order valence-corrected chi connectivity index (χ2v) is 12.5. The Hall–Kier alpha value is -3.43. The number of hydrogen-bond donors (Lipinski definition) is 2. The summed E-state index contributed by atoms with van der Waals surface area (Å²) < 4.78 is 30.6. The van der Waals surface area contributed by atoms with Gasteiger partial charge in [0, 0.05) is 49.7 Å². The van der Waals surface area contributed by atoms with Gasteiger partial charge >= 0.3 is 11.7 Å². The van der Waals surface area contributed by atoms with Crippen LogP contribution in [0.5, 0.6) is 0 Å². The molecule has 7 nitrogen and oxygen atoms in total. The highest BCUT2D eigenvalue weighted by atomic mass is 19.1. The molecule has 1 aliphatic heterocycles. The van der Waals surface area contributed by atoms with Crippen LogP contribution in [0.2, 0.25) is 0 Å². The van der Waals surface area contributed by atoms with Crippen LogP contribution in [-0.2, 0) is 11.2 Å². The van der Waals surface area contributed by atoms with Crippen LogP contribution in [0.1, 0.15) is 72.3 Å². The maximum absolute atomic E-state index is 15.7. The molecule has 1 saturated heterocycles. The van der Waals surface area contributed by atoms with E-state index in [4.69, 9.17) is 0 Å². The Bertz CT molecular complexity index is 1490. The second-order valence-electron chi connectivity index (χ2n) is 12.5. The van der Waals surface area contributed by atoms with E-state index in [2.05, 4.69) is 24.1 Å². The lowest BCUT2D eigenvalue weighted by molar-refractivity contribution is -0.137. The number of hydrogen-bond acceptors (Lipinski definition) is 5. The summed E-state index contributed by atoms with van der Waals surface area (Å²) in [5, 5.41) is 13.1. The number of aryl methyl sites for hydroxylation is 4. The Labute approximate surface area is 253 Å².